The van der Waals surface area contributed by atoms with E-state index in [9.17, 15) is 18.0 Å². The van der Waals surface area contributed by atoms with Crippen molar-refractivity contribution in [2.75, 3.05) is 13.2 Å². The lowest BCUT2D eigenvalue weighted by molar-refractivity contribution is -0.154. The van der Waals surface area contributed by atoms with E-state index < -0.39 is 18.9 Å². The molecule has 0 fully saturated rings. The summed E-state index contributed by atoms with van der Waals surface area (Å²) >= 11 is 0. The Morgan fingerprint density at radius 2 is 1.93 bits per heavy atom. The monoisotopic (exact) mass is 378 g/mol. The lowest BCUT2D eigenvalue weighted by Gasteiger charge is -2.07. The molecule has 0 atom stereocenters. The van der Waals surface area contributed by atoms with Crippen LogP contribution in [0.25, 0.3) is 0 Å². The lowest BCUT2D eigenvalue weighted by atomic mass is 10.2. The number of halogens is 3. The van der Waals surface area contributed by atoms with Crippen molar-refractivity contribution < 1.29 is 27.4 Å². The van der Waals surface area contributed by atoms with E-state index in [1.54, 1.807) is 0 Å². The summed E-state index contributed by atoms with van der Waals surface area (Å²) in [5.41, 5.74) is 1.42. The molecule has 142 valence electrons. The van der Waals surface area contributed by atoms with Crippen LogP contribution in [0.4, 0.5) is 18.0 Å². The van der Waals surface area contributed by atoms with E-state index in [-0.39, 0.29) is 12.5 Å². The van der Waals surface area contributed by atoms with Crippen LogP contribution in [0.2, 0.25) is 0 Å². The van der Waals surface area contributed by atoms with Crippen LogP contribution < -0.4 is 10.1 Å². The molecule has 2 rings (SSSR count). The van der Waals surface area contributed by atoms with Gasteiger partial charge in [0.2, 0.25) is 5.88 Å². The number of hydrogen-bond donors (Lipinski definition) is 1. The number of carbonyl (C=O) groups excluding carboxylic acids is 1. The van der Waals surface area contributed by atoms with Gasteiger partial charge < -0.3 is 14.8 Å². The SMILES string of the molecule is O=C(NCCC#Cc1ccc(OCC(F)(F)F)nc1)OCc1ccccc1. The summed E-state index contributed by atoms with van der Waals surface area (Å²) in [5, 5.41) is 2.57. The third-order valence-corrected chi connectivity index (χ3v) is 3.08. The van der Waals surface area contributed by atoms with Gasteiger partial charge >= 0.3 is 12.3 Å². The molecule has 0 unspecified atom stereocenters. The number of pyridine rings is 1. The van der Waals surface area contributed by atoms with E-state index in [1.807, 2.05) is 30.3 Å². The zero-order valence-corrected chi connectivity index (χ0v) is 14.3. The third-order valence-electron chi connectivity index (χ3n) is 3.08. The molecular weight excluding hydrogens is 361 g/mol. The highest BCUT2D eigenvalue weighted by atomic mass is 19.4. The van der Waals surface area contributed by atoms with Gasteiger partial charge in [0.15, 0.2) is 6.61 Å². The summed E-state index contributed by atoms with van der Waals surface area (Å²) < 4.78 is 45.7. The number of carbonyl (C=O) groups is 1. The Morgan fingerprint density at radius 3 is 2.59 bits per heavy atom. The highest BCUT2D eigenvalue weighted by molar-refractivity contribution is 5.67. The molecular formula is C19H17F3N2O3. The highest BCUT2D eigenvalue weighted by Crippen LogP contribution is 2.16. The number of rotatable bonds is 6. The average molecular weight is 378 g/mol. The van der Waals surface area contributed by atoms with E-state index in [0.717, 1.165) is 5.56 Å². The Morgan fingerprint density at radius 1 is 1.15 bits per heavy atom. The van der Waals surface area contributed by atoms with Crippen LogP contribution in [0.15, 0.2) is 48.7 Å². The summed E-state index contributed by atoms with van der Waals surface area (Å²) in [4.78, 5) is 15.3. The first-order valence-corrected chi connectivity index (χ1v) is 8.01. The summed E-state index contributed by atoms with van der Waals surface area (Å²) in [7, 11) is 0. The van der Waals surface area contributed by atoms with Crippen molar-refractivity contribution in [2.24, 2.45) is 0 Å². The molecule has 1 aromatic carbocycles. The van der Waals surface area contributed by atoms with E-state index >= 15 is 0 Å². The van der Waals surface area contributed by atoms with Crippen molar-refractivity contribution in [3.05, 3.63) is 59.8 Å². The number of nitrogens with zero attached hydrogens (tertiary/aromatic N) is 1. The number of amides is 1. The lowest BCUT2D eigenvalue weighted by Crippen LogP contribution is -2.24. The normalized spacial score (nSPS) is 10.5. The van der Waals surface area contributed by atoms with E-state index in [2.05, 4.69) is 26.9 Å². The quantitative estimate of drug-likeness (QED) is 0.615. The molecule has 0 aliphatic rings. The fraction of sp³-hybridized carbons (Fsp3) is 0.263. The number of ether oxygens (including phenoxy) is 2. The Labute approximate surface area is 154 Å². The van der Waals surface area contributed by atoms with Crippen molar-refractivity contribution in [3.8, 4) is 17.7 Å². The first-order chi connectivity index (χ1) is 12.9. The Hall–Kier alpha value is -3.21. The predicted molar refractivity (Wildman–Crippen MR) is 91.9 cm³/mol. The maximum Gasteiger partial charge on any atom is 0.422 e. The second-order valence-corrected chi connectivity index (χ2v) is 5.33. The van der Waals surface area contributed by atoms with Gasteiger partial charge in [0, 0.05) is 30.8 Å². The van der Waals surface area contributed by atoms with Crippen LogP contribution in [0.5, 0.6) is 5.88 Å². The molecule has 2 aromatic rings. The zero-order chi connectivity index (χ0) is 19.5. The first-order valence-electron chi connectivity index (χ1n) is 8.01. The van der Waals surface area contributed by atoms with Crippen molar-refractivity contribution >= 4 is 6.09 Å². The van der Waals surface area contributed by atoms with Crippen molar-refractivity contribution in [2.45, 2.75) is 19.2 Å². The van der Waals surface area contributed by atoms with Crippen LogP contribution in [-0.2, 0) is 11.3 Å². The standard InChI is InChI=1S/C19H17F3N2O3/c20-19(21,22)14-27-17-10-9-15(12-24-17)6-4-5-11-23-18(25)26-13-16-7-2-1-3-8-16/h1-3,7-10,12H,5,11,13-14H2,(H,23,25). The van der Waals surface area contributed by atoms with Gasteiger partial charge in [-0.15, -0.1) is 0 Å². The van der Waals surface area contributed by atoms with E-state index in [4.69, 9.17) is 4.74 Å². The number of nitrogens with one attached hydrogen (secondary N) is 1. The number of hydrogen-bond acceptors (Lipinski definition) is 4. The third kappa shape index (κ3) is 8.63. The summed E-state index contributed by atoms with van der Waals surface area (Å²) in [6.07, 6.45) is -3.24. The molecule has 5 nitrogen and oxygen atoms in total. The number of aromatic nitrogens is 1. The number of benzene rings is 1. The molecule has 0 aliphatic carbocycles. The van der Waals surface area contributed by atoms with Gasteiger partial charge in [-0.05, 0) is 11.6 Å². The molecule has 0 saturated heterocycles. The molecule has 1 amide bonds. The zero-order valence-electron chi connectivity index (χ0n) is 14.3. The van der Waals surface area contributed by atoms with Crippen LogP contribution in [0.1, 0.15) is 17.5 Å². The van der Waals surface area contributed by atoms with Gasteiger partial charge in [0.25, 0.3) is 0 Å². The second kappa shape index (κ2) is 10.1. The average Bonchev–Trinajstić information content (AvgIpc) is 2.65. The number of alkyl halides is 3. The van der Waals surface area contributed by atoms with Crippen LogP contribution >= 0.6 is 0 Å². The van der Waals surface area contributed by atoms with Crippen molar-refractivity contribution in [1.29, 1.82) is 0 Å². The molecule has 8 heteroatoms. The Kier molecular flexibility index (Phi) is 7.49. The maximum absolute atomic E-state index is 12.0. The predicted octanol–water partition coefficient (Wildman–Crippen LogP) is 3.69. The minimum Gasteiger partial charge on any atom is -0.468 e. The first kappa shape index (κ1) is 20.1. The van der Waals surface area contributed by atoms with Crippen LogP contribution in [0, 0.1) is 11.8 Å². The number of alkyl carbamates (subject to hydrolysis) is 1. The molecule has 0 spiro atoms. The molecule has 0 bridgehead atoms. The fourth-order valence-corrected chi connectivity index (χ4v) is 1.86. The largest absolute Gasteiger partial charge is 0.468 e. The van der Waals surface area contributed by atoms with E-state index in [0.29, 0.717) is 18.5 Å². The van der Waals surface area contributed by atoms with E-state index in [1.165, 1.54) is 18.3 Å². The second-order valence-electron chi connectivity index (χ2n) is 5.33. The Bertz CT molecular complexity index is 782. The molecule has 1 N–H and O–H groups in total. The smallest absolute Gasteiger partial charge is 0.422 e. The molecule has 1 heterocycles. The van der Waals surface area contributed by atoms with Gasteiger partial charge in [-0.3, -0.25) is 0 Å². The van der Waals surface area contributed by atoms with Gasteiger partial charge in [-0.2, -0.15) is 13.2 Å². The highest BCUT2D eigenvalue weighted by Gasteiger charge is 2.28. The van der Waals surface area contributed by atoms with Gasteiger partial charge in [-0.1, -0.05) is 42.2 Å². The summed E-state index contributed by atoms with van der Waals surface area (Å²) in [6.45, 7) is -0.898. The Balaban J connectivity index is 1.65. The molecule has 0 aliphatic heterocycles. The van der Waals surface area contributed by atoms with Crippen LogP contribution in [-0.4, -0.2) is 30.4 Å². The summed E-state index contributed by atoms with van der Waals surface area (Å²) in [6, 6.07) is 12.1. The minimum atomic E-state index is -4.41. The topological polar surface area (TPSA) is 60.5 Å². The van der Waals surface area contributed by atoms with Crippen molar-refractivity contribution in [1.82, 2.24) is 10.3 Å². The van der Waals surface area contributed by atoms with Gasteiger partial charge in [0.05, 0.1) is 0 Å². The van der Waals surface area contributed by atoms with Gasteiger partial charge in [0.1, 0.15) is 6.61 Å². The minimum absolute atomic E-state index is 0.124. The molecule has 0 saturated carbocycles. The summed E-state index contributed by atoms with van der Waals surface area (Å²) in [5.74, 6) is 5.49. The van der Waals surface area contributed by atoms with Crippen molar-refractivity contribution in [3.63, 3.8) is 0 Å². The molecule has 1 aromatic heterocycles. The molecule has 0 radical (unpaired) electrons. The fourth-order valence-electron chi connectivity index (χ4n) is 1.86. The maximum atomic E-state index is 12.0. The molecule has 27 heavy (non-hydrogen) atoms. The van der Waals surface area contributed by atoms with Crippen LogP contribution in [0.3, 0.4) is 0 Å². The van der Waals surface area contributed by atoms with Gasteiger partial charge in [-0.25, -0.2) is 9.78 Å².